The number of hydrogen-bond acceptors (Lipinski definition) is 4. The lowest BCUT2D eigenvalue weighted by molar-refractivity contribution is 0.102. The highest BCUT2D eigenvalue weighted by molar-refractivity contribution is 6.04. The van der Waals surface area contributed by atoms with Crippen LogP contribution in [0.3, 0.4) is 0 Å². The predicted octanol–water partition coefficient (Wildman–Crippen LogP) is 2.61. The van der Waals surface area contributed by atoms with Crippen LogP contribution in [0.25, 0.3) is 0 Å². The van der Waals surface area contributed by atoms with Gasteiger partial charge in [0.2, 0.25) is 5.95 Å². The van der Waals surface area contributed by atoms with E-state index in [1.54, 1.807) is 0 Å². The number of anilines is 2. The fourth-order valence-corrected chi connectivity index (χ4v) is 2.35. The third kappa shape index (κ3) is 3.19. The molecule has 5 nitrogen and oxygen atoms in total. The molecule has 1 fully saturated rings. The molecule has 0 atom stereocenters. The van der Waals surface area contributed by atoms with Gasteiger partial charge in [-0.2, -0.15) is 0 Å². The van der Waals surface area contributed by atoms with E-state index >= 15 is 0 Å². The van der Waals surface area contributed by atoms with Crippen LogP contribution in [-0.2, 0) is 0 Å². The third-order valence-corrected chi connectivity index (χ3v) is 3.41. The van der Waals surface area contributed by atoms with Crippen molar-refractivity contribution in [2.75, 3.05) is 23.3 Å². The van der Waals surface area contributed by atoms with E-state index in [1.165, 1.54) is 12.4 Å². The Balaban J connectivity index is 1.70. The molecule has 0 bridgehead atoms. The third-order valence-electron chi connectivity index (χ3n) is 3.41. The van der Waals surface area contributed by atoms with E-state index in [2.05, 4.69) is 20.2 Å². The summed E-state index contributed by atoms with van der Waals surface area (Å²) in [5.74, 6) is -1.60. The highest BCUT2D eigenvalue weighted by atomic mass is 19.1. The fraction of sp³-hybridized carbons (Fsp3) is 0.267. The zero-order valence-electron chi connectivity index (χ0n) is 11.7. The smallest absolute Gasteiger partial charge is 0.255 e. The number of halogens is 2. The maximum absolute atomic E-state index is 13.1. The zero-order chi connectivity index (χ0) is 15.5. The summed E-state index contributed by atoms with van der Waals surface area (Å²) in [6.45, 7) is 1.85. The van der Waals surface area contributed by atoms with Crippen molar-refractivity contribution in [3.05, 3.63) is 47.8 Å². The van der Waals surface area contributed by atoms with E-state index in [0.29, 0.717) is 17.7 Å². The van der Waals surface area contributed by atoms with Gasteiger partial charge in [-0.3, -0.25) is 4.79 Å². The highest BCUT2D eigenvalue weighted by Gasteiger charge is 2.15. The van der Waals surface area contributed by atoms with Gasteiger partial charge in [-0.15, -0.1) is 0 Å². The maximum Gasteiger partial charge on any atom is 0.255 e. The number of carbonyl (C=O) groups is 1. The van der Waals surface area contributed by atoms with E-state index in [9.17, 15) is 13.6 Å². The molecule has 3 rings (SSSR count). The first-order valence-electron chi connectivity index (χ1n) is 6.96. The fourth-order valence-electron chi connectivity index (χ4n) is 2.35. The number of benzene rings is 1. The van der Waals surface area contributed by atoms with E-state index in [-0.39, 0.29) is 5.56 Å². The van der Waals surface area contributed by atoms with E-state index < -0.39 is 17.5 Å². The molecule has 1 aliphatic rings. The molecule has 1 aliphatic heterocycles. The second kappa shape index (κ2) is 6.05. The van der Waals surface area contributed by atoms with Crippen molar-refractivity contribution in [3.63, 3.8) is 0 Å². The van der Waals surface area contributed by atoms with Crippen molar-refractivity contribution >= 4 is 17.5 Å². The van der Waals surface area contributed by atoms with E-state index in [0.717, 1.165) is 38.1 Å². The van der Waals surface area contributed by atoms with Crippen LogP contribution in [0.1, 0.15) is 23.2 Å². The van der Waals surface area contributed by atoms with Gasteiger partial charge in [0.1, 0.15) is 11.6 Å². The number of aromatic nitrogens is 2. The van der Waals surface area contributed by atoms with Crippen LogP contribution in [0.15, 0.2) is 30.6 Å². The van der Waals surface area contributed by atoms with Crippen LogP contribution in [0, 0.1) is 11.6 Å². The lowest BCUT2D eigenvalue weighted by Gasteiger charge is -2.14. The lowest BCUT2D eigenvalue weighted by Crippen LogP contribution is -2.20. The summed E-state index contributed by atoms with van der Waals surface area (Å²) in [4.78, 5) is 22.4. The SMILES string of the molecule is O=C(Nc1cnc(N2CCCC2)nc1)c1cc(F)cc(F)c1. The van der Waals surface area contributed by atoms with Crippen molar-refractivity contribution in [2.45, 2.75) is 12.8 Å². The normalized spacial score (nSPS) is 14.2. The Morgan fingerprint density at radius 1 is 1.05 bits per heavy atom. The van der Waals surface area contributed by atoms with Gasteiger partial charge in [-0.1, -0.05) is 0 Å². The average Bonchev–Trinajstić information content (AvgIpc) is 3.01. The van der Waals surface area contributed by atoms with Crippen LogP contribution in [0.4, 0.5) is 20.4 Å². The first kappa shape index (κ1) is 14.4. The molecule has 22 heavy (non-hydrogen) atoms. The minimum Gasteiger partial charge on any atom is -0.341 e. The first-order chi connectivity index (χ1) is 10.6. The molecule has 2 heterocycles. The molecular formula is C15H14F2N4O. The molecule has 1 N–H and O–H groups in total. The van der Waals surface area contributed by atoms with Crippen molar-refractivity contribution in [1.29, 1.82) is 0 Å². The second-order valence-corrected chi connectivity index (χ2v) is 5.08. The predicted molar refractivity (Wildman–Crippen MR) is 77.8 cm³/mol. The van der Waals surface area contributed by atoms with E-state index in [4.69, 9.17) is 0 Å². The molecule has 7 heteroatoms. The maximum atomic E-state index is 13.1. The number of carbonyl (C=O) groups excluding carboxylic acids is 1. The van der Waals surface area contributed by atoms with Crippen molar-refractivity contribution in [3.8, 4) is 0 Å². The lowest BCUT2D eigenvalue weighted by atomic mass is 10.2. The van der Waals surface area contributed by atoms with Crippen molar-refractivity contribution in [2.24, 2.45) is 0 Å². The Kier molecular flexibility index (Phi) is 3.95. The number of nitrogens with zero attached hydrogens (tertiary/aromatic N) is 3. The molecule has 0 aliphatic carbocycles. The van der Waals surface area contributed by atoms with Crippen LogP contribution >= 0.6 is 0 Å². The van der Waals surface area contributed by atoms with E-state index in [1.807, 2.05) is 0 Å². The van der Waals surface area contributed by atoms with Crippen LogP contribution < -0.4 is 10.2 Å². The minimum absolute atomic E-state index is 0.0962. The zero-order valence-corrected chi connectivity index (χ0v) is 11.7. The van der Waals surface area contributed by atoms with Crippen LogP contribution in [0.2, 0.25) is 0 Å². The number of hydrogen-bond donors (Lipinski definition) is 1. The molecule has 0 spiro atoms. The summed E-state index contributed by atoms with van der Waals surface area (Å²) in [5.41, 5.74) is 0.277. The molecule has 0 saturated carbocycles. The Hall–Kier alpha value is -2.57. The summed E-state index contributed by atoms with van der Waals surface area (Å²) in [7, 11) is 0. The second-order valence-electron chi connectivity index (χ2n) is 5.08. The van der Waals surface area contributed by atoms with Crippen LogP contribution in [-0.4, -0.2) is 29.0 Å². The molecule has 0 unspecified atom stereocenters. The first-order valence-corrected chi connectivity index (χ1v) is 6.96. The van der Waals surface area contributed by atoms with Crippen molar-refractivity contribution < 1.29 is 13.6 Å². The van der Waals surface area contributed by atoms with Crippen LogP contribution in [0.5, 0.6) is 0 Å². The molecule has 1 aromatic heterocycles. The number of nitrogens with one attached hydrogen (secondary N) is 1. The molecule has 1 saturated heterocycles. The Morgan fingerprint density at radius 3 is 2.23 bits per heavy atom. The summed E-state index contributed by atoms with van der Waals surface area (Å²) in [5, 5.41) is 2.51. The van der Waals surface area contributed by atoms with Gasteiger partial charge in [0.15, 0.2) is 0 Å². The summed E-state index contributed by atoms with van der Waals surface area (Å²) < 4.78 is 26.2. The van der Waals surface area contributed by atoms with Gasteiger partial charge >= 0.3 is 0 Å². The Labute approximate surface area is 126 Å². The largest absolute Gasteiger partial charge is 0.341 e. The summed E-state index contributed by atoms with van der Waals surface area (Å²) in [6, 6.07) is 2.65. The summed E-state index contributed by atoms with van der Waals surface area (Å²) >= 11 is 0. The standard InChI is InChI=1S/C15H14F2N4O/c16-11-5-10(6-12(17)7-11)14(22)20-13-8-18-15(19-9-13)21-3-1-2-4-21/h5-9H,1-4H2,(H,20,22). The van der Waals surface area contributed by atoms with Gasteiger partial charge in [0.25, 0.3) is 5.91 Å². The topological polar surface area (TPSA) is 58.1 Å². The Bertz CT molecular complexity index is 664. The number of amides is 1. The quantitative estimate of drug-likeness (QED) is 0.947. The minimum atomic E-state index is -0.800. The highest BCUT2D eigenvalue weighted by Crippen LogP contribution is 2.17. The van der Waals surface area contributed by atoms with Crippen molar-refractivity contribution in [1.82, 2.24) is 9.97 Å². The molecule has 114 valence electrons. The molecule has 0 radical (unpaired) electrons. The number of rotatable bonds is 3. The van der Waals surface area contributed by atoms with Gasteiger partial charge < -0.3 is 10.2 Å². The summed E-state index contributed by atoms with van der Waals surface area (Å²) in [6.07, 6.45) is 5.20. The van der Waals surface area contributed by atoms with Gasteiger partial charge in [-0.25, -0.2) is 18.7 Å². The van der Waals surface area contributed by atoms with Gasteiger partial charge in [-0.05, 0) is 25.0 Å². The molecule has 1 aromatic carbocycles. The van der Waals surface area contributed by atoms with Gasteiger partial charge in [0.05, 0.1) is 18.1 Å². The van der Waals surface area contributed by atoms with Gasteiger partial charge in [0, 0.05) is 24.7 Å². The monoisotopic (exact) mass is 304 g/mol. The molecule has 1 amide bonds. The molecule has 2 aromatic rings. The molecular weight excluding hydrogens is 290 g/mol. The average molecular weight is 304 g/mol. The Morgan fingerprint density at radius 2 is 1.64 bits per heavy atom.